The van der Waals surface area contributed by atoms with Crippen molar-refractivity contribution in [2.24, 2.45) is 0 Å². The van der Waals surface area contributed by atoms with Crippen molar-refractivity contribution in [1.82, 2.24) is 4.98 Å². The smallest absolute Gasteiger partial charge is 0.268 e. The molecule has 84 valence electrons. The monoisotopic (exact) mass is 247 g/mol. The molecule has 15 heavy (non-hydrogen) atoms. The molecule has 0 saturated heterocycles. The van der Waals surface area contributed by atoms with Crippen LogP contribution in [-0.2, 0) is 10.1 Å². The second-order valence-corrected chi connectivity index (χ2v) is 5.78. The Morgan fingerprint density at radius 2 is 2.13 bits per heavy atom. The molecule has 0 aromatic carbocycles. The third-order valence-electron chi connectivity index (χ3n) is 1.66. The average Bonchev–Trinajstić information content (AvgIpc) is 2.42. The Balaban J connectivity index is 3.20. The second kappa shape index (κ2) is 4.87. The van der Waals surface area contributed by atoms with Crippen molar-refractivity contribution in [1.29, 1.82) is 0 Å². The van der Waals surface area contributed by atoms with Gasteiger partial charge in [-0.2, -0.15) is 8.42 Å². The molecule has 4 nitrogen and oxygen atoms in total. The zero-order valence-electron chi connectivity index (χ0n) is 8.60. The van der Waals surface area contributed by atoms with E-state index in [2.05, 4.69) is 4.98 Å². The van der Waals surface area contributed by atoms with Gasteiger partial charge in [0.1, 0.15) is 0 Å². The number of hydrogen-bond acceptors (Lipinski definition) is 4. The molecule has 0 aliphatic heterocycles. The lowest BCUT2D eigenvalue weighted by atomic mass is 10.4. The van der Waals surface area contributed by atoms with Crippen LogP contribution >= 0.6 is 11.3 Å². The SMILES string of the molecule is CC/C=c1/nc(C)s/c1=C/CS(=O)(=O)O. The molecule has 0 amide bonds. The van der Waals surface area contributed by atoms with Gasteiger partial charge in [0.15, 0.2) is 0 Å². The number of aryl methyl sites for hydroxylation is 1. The molecule has 1 aromatic heterocycles. The standard InChI is InChI=1S/C9H13NO3S2/c1-3-4-8-9(14-7(2)10-8)5-6-15(11,12)13/h4-5H,3,6H2,1-2H3,(H,11,12,13)/b8-4+,9-5+. The van der Waals surface area contributed by atoms with Crippen LogP contribution in [0, 0.1) is 6.92 Å². The summed E-state index contributed by atoms with van der Waals surface area (Å²) in [5.74, 6) is -0.362. The first-order valence-corrected chi connectivity index (χ1v) is 6.94. The van der Waals surface area contributed by atoms with E-state index >= 15 is 0 Å². The molecule has 0 fully saturated rings. The van der Waals surface area contributed by atoms with Crippen molar-refractivity contribution in [3.8, 4) is 0 Å². The van der Waals surface area contributed by atoms with E-state index in [0.29, 0.717) is 0 Å². The minimum atomic E-state index is -3.94. The van der Waals surface area contributed by atoms with Gasteiger partial charge in [0, 0.05) is 0 Å². The van der Waals surface area contributed by atoms with Crippen LogP contribution in [0.2, 0.25) is 0 Å². The molecular weight excluding hydrogens is 234 g/mol. The fourth-order valence-corrected chi connectivity index (χ4v) is 2.47. The zero-order valence-corrected chi connectivity index (χ0v) is 10.2. The van der Waals surface area contributed by atoms with Crippen LogP contribution < -0.4 is 9.88 Å². The summed E-state index contributed by atoms with van der Waals surface area (Å²) in [6.45, 7) is 3.85. The predicted octanol–water partition coefficient (Wildman–Crippen LogP) is 0.310. The van der Waals surface area contributed by atoms with Crippen LogP contribution in [-0.4, -0.2) is 23.7 Å². The van der Waals surface area contributed by atoms with E-state index in [1.807, 2.05) is 19.9 Å². The van der Waals surface area contributed by atoms with Gasteiger partial charge in [0.05, 0.1) is 20.6 Å². The molecule has 1 heterocycles. The van der Waals surface area contributed by atoms with E-state index < -0.39 is 10.1 Å². The van der Waals surface area contributed by atoms with Crippen molar-refractivity contribution < 1.29 is 13.0 Å². The summed E-state index contributed by atoms with van der Waals surface area (Å²) >= 11 is 1.42. The van der Waals surface area contributed by atoms with Crippen molar-refractivity contribution in [3.05, 3.63) is 14.9 Å². The summed E-state index contributed by atoms with van der Waals surface area (Å²) in [6.07, 6.45) is 4.26. The minimum absolute atomic E-state index is 0.362. The molecule has 0 unspecified atom stereocenters. The van der Waals surface area contributed by atoms with E-state index in [1.54, 1.807) is 0 Å². The van der Waals surface area contributed by atoms with E-state index in [0.717, 1.165) is 21.3 Å². The van der Waals surface area contributed by atoms with Gasteiger partial charge < -0.3 is 0 Å². The van der Waals surface area contributed by atoms with Gasteiger partial charge in [-0.3, -0.25) is 4.55 Å². The van der Waals surface area contributed by atoms with E-state index in [9.17, 15) is 8.42 Å². The average molecular weight is 247 g/mol. The molecule has 0 bridgehead atoms. The number of rotatable bonds is 3. The first-order valence-electron chi connectivity index (χ1n) is 4.51. The van der Waals surface area contributed by atoms with Crippen LogP contribution in [0.3, 0.4) is 0 Å². The van der Waals surface area contributed by atoms with Gasteiger partial charge in [-0.1, -0.05) is 13.0 Å². The Morgan fingerprint density at radius 1 is 1.47 bits per heavy atom. The molecular formula is C9H13NO3S2. The van der Waals surface area contributed by atoms with Gasteiger partial charge in [-0.15, -0.1) is 11.3 Å². The summed E-state index contributed by atoms with van der Waals surface area (Å²) in [6, 6.07) is 0. The topological polar surface area (TPSA) is 67.3 Å². The largest absolute Gasteiger partial charge is 0.285 e. The summed E-state index contributed by atoms with van der Waals surface area (Å²) in [4.78, 5) is 4.26. The highest BCUT2D eigenvalue weighted by molar-refractivity contribution is 7.86. The first kappa shape index (κ1) is 12.4. The molecule has 6 heteroatoms. The van der Waals surface area contributed by atoms with Crippen LogP contribution in [0.15, 0.2) is 0 Å². The lowest BCUT2D eigenvalue weighted by Gasteiger charge is -1.85. The third kappa shape index (κ3) is 4.11. The number of aromatic nitrogens is 1. The Hall–Kier alpha value is -0.720. The van der Waals surface area contributed by atoms with Gasteiger partial charge in [-0.05, 0) is 19.4 Å². The summed E-state index contributed by atoms with van der Waals surface area (Å²) < 4.78 is 30.6. The molecule has 1 rings (SSSR count). The highest BCUT2D eigenvalue weighted by atomic mass is 32.2. The number of nitrogens with zero attached hydrogens (tertiary/aromatic N) is 1. The second-order valence-electron chi connectivity index (χ2n) is 3.05. The van der Waals surface area contributed by atoms with Gasteiger partial charge in [0.2, 0.25) is 0 Å². The van der Waals surface area contributed by atoms with Crippen LogP contribution in [0.25, 0.3) is 12.2 Å². The summed E-state index contributed by atoms with van der Waals surface area (Å²) in [5.41, 5.74) is 0. The lowest BCUT2D eigenvalue weighted by Crippen LogP contribution is -2.22. The number of thiazole rings is 1. The van der Waals surface area contributed by atoms with Gasteiger partial charge >= 0.3 is 0 Å². The Morgan fingerprint density at radius 3 is 2.67 bits per heavy atom. The summed E-state index contributed by atoms with van der Waals surface area (Å²) in [5, 5.41) is 1.68. The molecule has 1 N–H and O–H groups in total. The summed E-state index contributed by atoms with van der Waals surface area (Å²) in [7, 11) is -3.94. The van der Waals surface area contributed by atoms with E-state index in [-0.39, 0.29) is 5.75 Å². The number of hydrogen-bond donors (Lipinski definition) is 1. The van der Waals surface area contributed by atoms with Crippen molar-refractivity contribution >= 4 is 33.6 Å². The Labute approximate surface area is 92.7 Å². The molecule has 0 radical (unpaired) electrons. The van der Waals surface area contributed by atoms with Crippen molar-refractivity contribution in [2.75, 3.05) is 5.75 Å². The predicted molar refractivity (Wildman–Crippen MR) is 61.7 cm³/mol. The molecule has 0 saturated carbocycles. The first-order chi connectivity index (χ1) is 6.92. The quantitative estimate of drug-likeness (QED) is 0.781. The van der Waals surface area contributed by atoms with Gasteiger partial charge in [0.25, 0.3) is 10.1 Å². The van der Waals surface area contributed by atoms with Crippen molar-refractivity contribution in [3.63, 3.8) is 0 Å². The van der Waals surface area contributed by atoms with Crippen molar-refractivity contribution in [2.45, 2.75) is 20.3 Å². The Kier molecular flexibility index (Phi) is 4.01. The van der Waals surface area contributed by atoms with E-state index in [1.165, 1.54) is 17.4 Å². The molecule has 0 aliphatic rings. The molecule has 1 aromatic rings. The highest BCUT2D eigenvalue weighted by Gasteiger charge is 2.01. The normalized spacial score (nSPS) is 14.9. The third-order valence-corrected chi connectivity index (χ3v) is 3.24. The van der Waals surface area contributed by atoms with Crippen LogP contribution in [0.5, 0.6) is 0 Å². The highest BCUT2D eigenvalue weighted by Crippen LogP contribution is 1.92. The van der Waals surface area contributed by atoms with Crippen LogP contribution in [0.4, 0.5) is 0 Å². The van der Waals surface area contributed by atoms with Crippen LogP contribution in [0.1, 0.15) is 18.4 Å². The fraction of sp³-hybridized carbons (Fsp3) is 0.444. The molecule has 0 spiro atoms. The van der Waals surface area contributed by atoms with E-state index in [4.69, 9.17) is 4.55 Å². The molecule has 0 atom stereocenters. The maximum Gasteiger partial charge on any atom is 0.268 e. The molecule has 0 aliphatic carbocycles. The zero-order chi connectivity index (χ0) is 11.5. The fourth-order valence-electron chi connectivity index (χ4n) is 1.13. The maximum absolute atomic E-state index is 10.6. The Bertz CT molecular complexity index is 542. The minimum Gasteiger partial charge on any atom is -0.285 e. The van der Waals surface area contributed by atoms with Gasteiger partial charge in [-0.25, -0.2) is 4.98 Å². The maximum atomic E-state index is 10.6. The lowest BCUT2D eigenvalue weighted by molar-refractivity contribution is 0.487.